The maximum absolute atomic E-state index is 13.2. The molecule has 2 rings (SSSR count). The van der Waals surface area contributed by atoms with Crippen LogP contribution in [0.25, 0.3) is 0 Å². The maximum Gasteiger partial charge on any atom is 0.197 e. The zero-order chi connectivity index (χ0) is 13.1. The molecular weight excluding hydrogens is 276 g/mol. The summed E-state index contributed by atoms with van der Waals surface area (Å²) in [5.74, 6) is -0.303. The first kappa shape index (κ1) is 13.4. The minimum Gasteiger partial charge on any atom is -0.453 e. The monoisotopic (exact) mass is 287 g/mol. The van der Waals surface area contributed by atoms with Crippen molar-refractivity contribution in [1.29, 1.82) is 0 Å². The van der Waals surface area contributed by atoms with Gasteiger partial charge in [0.2, 0.25) is 0 Å². The molecule has 0 aliphatic heterocycles. The number of nitrogens with one attached hydrogen (secondary N) is 1. The van der Waals surface area contributed by atoms with Crippen LogP contribution in [0.2, 0.25) is 10.2 Å². The van der Waals surface area contributed by atoms with E-state index in [-0.39, 0.29) is 11.9 Å². The van der Waals surface area contributed by atoms with Gasteiger partial charge in [-0.25, -0.2) is 4.39 Å². The second kappa shape index (κ2) is 5.74. The molecule has 0 aliphatic rings. The second-order valence-electron chi connectivity index (χ2n) is 3.93. The van der Waals surface area contributed by atoms with E-state index in [9.17, 15) is 4.39 Å². The van der Waals surface area contributed by atoms with E-state index >= 15 is 0 Å². The molecule has 0 aliphatic carbocycles. The Bertz CT molecular complexity index is 542. The van der Waals surface area contributed by atoms with Gasteiger partial charge in [0, 0.05) is 16.6 Å². The molecule has 1 aromatic heterocycles. The van der Waals surface area contributed by atoms with Gasteiger partial charge in [-0.15, -0.1) is 0 Å². The maximum atomic E-state index is 13.2. The molecule has 96 valence electrons. The number of halogens is 3. The largest absolute Gasteiger partial charge is 0.453 e. The van der Waals surface area contributed by atoms with E-state index < -0.39 is 0 Å². The number of benzene rings is 1. The van der Waals surface area contributed by atoms with Crippen LogP contribution < -0.4 is 5.32 Å². The Morgan fingerprint density at radius 1 is 1.33 bits per heavy atom. The molecule has 1 aromatic carbocycles. The standard InChI is InChI=1S/C13H12Cl2FNO/c1-17-12(10-4-5-18-13(10)15)7-8-6-9(16)2-3-11(8)14/h2-6,12,17H,7H2,1H3. The zero-order valence-corrected chi connectivity index (χ0v) is 11.2. The first-order valence-corrected chi connectivity index (χ1v) is 6.21. The Labute approximate surface area is 115 Å². The first-order valence-electron chi connectivity index (χ1n) is 5.46. The Kier molecular flexibility index (Phi) is 4.27. The van der Waals surface area contributed by atoms with Gasteiger partial charge in [0.1, 0.15) is 5.82 Å². The molecule has 0 fully saturated rings. The average Bonchev–Trinajstić information content (AvgIpc) is 2.77. The molecule has 0 radical (unpaired) electrons. The summed E-state index contributed by atoms with van der Waals surface area (Å²) < 4.78 is 18.3. The molecule has 0 saturated heterocycles. The van der Waals surface area contributed by atoms with E-state index in [0.29, 0.717) is 16.7 Å². The van der Waals surface area contributed by atoms with Gasteiger partial charge in [0.15, 0.2) is 5.22 Å². The first-order chi connectivity index (χ1) is 8.61. The van der Waals surface area contributed by atoms with Crippen molar-refractivity contribution in [3.05, 3.63) is 57.7 Å². The third kappa shape index (κ3) is 2.86. The summed E-state index contributed by atoms with van der Waals surface area (Å²) in [5.41, 5.74) is 1.56. The number of likely N-dealkylation sites (N-methyl/N-ethyl adjacent to an activating group) is 1. The van der Waals surface area contributed by atoms with E-state index in [1.807, 2.05) is 0 Å². The molecule has 5 heteroatoms. The fourth-order valence-corrected chi connectivity index (χ4v) is 2.28. The van der Waals surface area contributed by atoms with Crippen LogP contribution in [0.15, 0.2) is 34.9 Å². The summed E-state index contributed by atoms with van der Waals surface area (Å²) in [5, 5.41) is 3.99. The third-order valence-corrected chi connectivity index (χ3v) is 3.48. The van der Waals surface area contributed by atoms with Crippen molar-refractivity contribution in [2.24, 2.45) is 0 Å². The molecular formula is C13H12Cl2FNO. The topological polar surface area (TPSA) is 25.2 Å². The summed E-state index contributed by atoms with van der Waals surface area (Å²) in [6.07, 6.45) is 2.06. The van der Waals surface area contributed by atoms with Gasteiger partial charge in [0.25, 0.3) is 0 Å². The smallest absolute Gasteiger partial charge is 0.197 e. The minimum atomic E-state index is -0.303. The number of furan rings is 1. The van der Waals surface area contributed by atoms with Crippen molar-refractivity contribution in [3.8, 4) is 0 Å². The van der Waals surface area contributed by atoms with Crippen LogP contribution in [-0.2, 0) is 6.42 Å². The lowest BCUT2D eigenvalue weighted by Crippen LogP contribution is -2.18. The van der Waals surface area contributed by atoms with Gasteiger partial charge in [-0.1, -0.05) is 11.6 Å². The highest BCUT2D eigenvalue weighted by Gasteiger charge is 2.17. The molecule has 18 heavy (non-hydrogen) atoms. The van der Waals surface area contributed by atoms with Gasteiger partial charge in [-0.05, 0) is 54.9 Å². The molecule has 1 atom stereocenters. The van der Waals surface area contributed by atoms with Crippen molar-refractivity contribution in [3.63, 3.8) is 0 Å². The fourth-order valence-electron chi connectivity index (χ4n) is 1.84. The molecule has 2 nitrogen and oxygen atoms in total. The van der Waals surface area contributed by atoms with Gasteiger partial charge in [-0.3, -0.25) is 0 Å². The lowest BCUT2D eigenvalue weighted by atomic mass is 10.0. The van der Waals surface area contributed by atoms with Crippen molar-refractivity contribution in [2.75, 3.05) is 7.05 Å². The van der Waals surface area contributed by atoms with Gasteiger partial charge < -0.3 is 9.73 Å². The summed E-state index contributed by atoms with van der Waals surface area (Å²) in [6, 6.07) is 6.04. The molecule has 2 aromatic rings. The van der Waals surface area contributed by atoms with Gasteiger partial charge in [0.05, 0.1) is 6.26 Å². The second-order valence-corrected chi connectivity index (χ2v) is 4.68. The third-order valence-electron chi connectivity index (χ3n) is 2.80. The van der Waals surface area contributed by atoms with E-state index in [0.717, 1.165) is 11.1 Å². The van der Waals surface area contributed by atoms with Crippen molar-refractivity contribution in [2.45, 2.75) is 12.5 Å². The summed E-state index contributed by atoms with van der Waals surface area (Å²) >= 11 is 12.0. The van der Waals surface area contributed by atoms with Crippen molar-refractivity contribution in [1.82, 2.24) is 5.32 Å². The Hall–Kier alpha value is -1.03. The Morgan fingerprint density at radius 2 is 2.11 bits per heavy atom. The molecule has 0 spiro atoms. The van der Waals surface area contributed by atoms with Crippen LogP contribution in [-0.4, -0.2) is 7.05 Å². The fraction of sp³-hybridized carbons (Fsp3) is 0.231. The van der Waals surface area contributed by atoms with Crippen molar-refractivity contribution >= 4 is 23.2 Å². The summed E-state index contributed by atoms with van der Waals surface area (Å²) in [4.78, 5) is 0. The van der Waals surface area contributed by atoms with Crippen LogP contribution in [0.5, 0.6) is 0 Å². The van der Waals surface area contributed by atoms with E-state index in [4.69, 9.17) is 27.6 Å². The molecule has 1 heterocycles. The highest BCUT2D eigenvalue weighted by atomic mass is 35.5. The molecule has 1 unspecified atom stereocenters. The molecule has 0 saturated carbocycles. The van der Waals surface area contributed by atoms with E-state index in [1.54, 1.807) is 19.2 Å². The van der Waals surface area contributed by atoms with E-state index in [2.05, 4.69) is 5.32 Å². The molecule has 0 bridgehead atoms. The van der Waals surface area contributed by atoms with E-state index in [1.165, 1.54) is 18.4 Å². The molecule has 0 amide bonds. The number of rotatable bonds is 4. The van der Waals surface area contributed by atoms with Crippen LogP contribution in [0.4, 0.5) is 4.39 Å². The van der Waals surface area contributed by atoms with Crippen LogP contribution in [0, 0.1) is 5.82 Å². The number of hydrogen-bond donors (Lipinski definition) is 1. The summed E-state index contributed by atoms with van der Waals surface area (Å²) in [7, 11) is 1.81. The van der Waals surface area contributed by atoms with Gasteiger partial charge in [-0.2, -0.15) is 0 Å². The zero-order valence-electron chi connectivity index (χ0n) is 9.71. The van der Waals surface area contributed by atoms with Crippen LogP contribution in [0.1, 0.15) is 17.2 Å². The SMILES string of the molecule is CNC(Cc1cc(F)ccc1Cl)c1ccoc1Cl. The lowest BCUT2D eigenvalue weighted by molar-refractivity contribution is 0.543. The quantitative estimate of drug-likeness (QED) is 0.910. The normalized spacial score (nSPS) is 12.7. The Morgan fingerprint density at radius 3 is 2.72 bits per heavy atom. The predicted molar refractivity (Wildman–Crippen MR) is 70.6 cm³/mol. The number of hydrogen-bond acceptors (Lipinski definition) is 2. The Balaban J connectivity index is 2.26. The molecule has 1 N–H and O–H groups in total. The average molecular weight is 288 g/mol. The van der Waals surface area contributed by atoms with Crippen molar-refractivity contribution < 1.29 is 8.81 Å². The highest BCUT2D eigenvalue weighted by Crippen LogP contribution is 2.29. The van der Waals surface area contributed by atoms with Crippen LogP contribution >= 0.6 is 23.2 Å². The minimum absolute atomic E-state index is 0.0736. The van der Waals surface area contributed by atoms with Gasteiger partial charge >= 0.3 is 0 Å². The summed E-state index contributed by atoms with van der Waals surface area (Å²) in [6.45, 7) is 0. The highest BCUT2D eigenvalue weighted by molar-refractivity contribution is 6.31. The lowest BCUT2D eigenvalue weighted by Gasteiger charge is -2.16. The van der Waals surface area contributed by atoms with Crippen LogP contribution in [0.3, 0.4) is 0 Å². The predicted octanol–water partition coefficient (Wildman–Crippen LogP) is 4.23.